The van der Waals surface area contributed by atoms with E-state index in [9.17, 15) is 9.59 Å². The van der Waals surface area contributed by atoms with Crippen molar-refractivity contribution < 1.29 is 19.1 Å². The number of carbonyl (C=O) groups is 2. The third-order valence-electron chi connectivity index (χ3n) is 7.01. The Labute approximate surface area is 179 Å². The van der Waals surface area contributed by atoms with Crippen LogP contribution in [0.1, 0.15) is 62.5 Å². The quantitative estimate of drug-likeness (QED) is 0.535. The Kier molecular flexibility index (Phi) is 6.04. The molecule has 160 valence electrons. The van der Waals surface area contributed by atoms with Crippen molar-refractivity contribution in [1.29, 1.82) is 0 Å². The predicted molar refractivity (Wildman–Crippen MR) is 114 cm³/mol. The number of amides is 1. The maximum atomic E-state index is 13.0. The van der Waals surface area contributed by atoms with Crippen molar-refractivity contribution in [2.75, 3.05) is 13.7 Å². The molecule has 4 rings (SSSR count). The lowest BCUT2D eigenvalue weighted by molar-refractivity contribution is -0.167. The second-order valence-corrected chi connectivity index (χ2v) is 8.93. The number of fused-ring (bicyclic) bond motifs is 1. The fourth-order valence-electron chi connectivity index (χ4n) is 5.49. The normalized spacial score (nSPS) is 28.4. The van der Waals surface area contributed by atoms with Gasteiger partial charge in [0.2, 0.25) is 0 Å². The SMILES string of the molecule is COC(=O)N1CCC2C1CCCC2(C#Cc1cccc(C)c1)OC(=O)C1CCCC1. The standard InChI is InChI=1S/C25H31NO4/c1-18-7-5-8-19(17-18)12-15-25(30-23(27)20-9-3-4-10-20)14-6-11-22-21(25)13-16-26(22)24(28)29-2/h5,7-8,17,20-22H,3-4,6,9-11,13-14,16H2,1-2H3. The topological polar surface area (TPSA) is 55.8 Å². The van der Waals surface area contributed by atoms with E-state index in [-0.39, 0.29) is 29.9 Å². The van der Waals surface area contributed by atoms with E-state index in [0.717, 1.165) is 62.5 Å². The molecule has 0 N–H and O–H groups in total. The molecule has 1 saturated heterocycles. The Bertz CT molecular complexity index is 863. The molecule has 30 heavy (non-hydrogen) atoms. The summed E-state index contributed by atoms with van der Waals surface area (Å²) in [6, 6.07) is 8.09. The molecule has 1 amide bonds. The van der Waals surface area contributed by atoms with Crippen LogP contribution in [0.15, 0.2) is 24.3 Å². The van der Waals surface area contributed by atoms with Gasteiger partial charge in [-0.25, -0.2) is 4.79 Å². The largest absolute Gasteiger partial charge is 0.453 e. The molecule has 2 saturated carbocycles. The maximum absolute atomic E-state index is 13.0. The van der Waals surface area contributed by atoms with Crippen LogP contribution < -0.4 is 0 Å². The average Bonchev–Trinajstić information content (AvgIpc) is 3.43. The van der Waals surface area contributed by atoms with E-state index in [4.69, 9.17) is 9.47 Å². The lowest BCUT2D eigenvalue weighted by Gasteiger charge is -2.43. The molecule has 0 spiro atoms. The van der Waals surface area contributed by atoms with Crippen LogP contribution in [0, 0.1) is 30.6 Å². The number of esters is 1. The lowest BCUT2D eigenvalue weighted by Crippen LogP contribution is -2.52. The average molecular weight is 410 g/mol. The van der Waals surface area contributed by atoms with Gasteiger partial charge in [0.05, 0.1) is 13.0 Å². The summed E-state index contributed by atoms with van der Waals surface area (Å²) in [5.41, 5.74) is 1.24. The first-order valence-electron chi connectivity index (χ1n) is 11.2. The van der Waals surface area contributed by atoms with Crippen LogP contribution in [-0.4, -0.2) is 42.3 Å². The zero-order valence-electron chi connectivity index (χ0n) is 18.0. The van der Waals surface area contributed by atoms with Gasteiger partial charge >= 0.3 is 12.1 Å². The molecular formula is C25H31NO4. The summed E-state index contributed by atoms with van der Waals surface area (Å²) in [4.78, 5) is 27.1. The monoisotopic (exact) mass is 409 g/mol. The first-order chi connectivity index (χ1) is 14.5. The number of carbonyl (C=O) groups excluding carboxylic acids is 2. The zero-order chi connectivity index (χ0) is 21.1. The van der Waals surface area contributed by atoms with Crippen LogP contribution in [-0.2, 0) is 14.3 Å². The van der Waals surface area contributed by atoms with Gasteiger partial charge < -0.3 is 14.4 Å². The summed E-state index contributed by atoms with van der Waals surface area (Å²) in [6.45, 7) is 2.67. The Balaban J connectivity index is 1.66. The highest BCUT2D eigenvalue weighted by Crippen LogP contribution is 2.46. The van der Waals surface area contributed by atoms with E-state index < -0.39 is 5.60 Å². The molecule has 1 heterocycles. The van der Waals surface area contributed by atoms with Crippen LogP contribution >= 0.6 is 0 Å². The van der Waals surface area contributed by atoms with Crippen LogP contribution in [0.25, 0.3) is 0 Å². The van der Waals surface area contributed by atoms with Crippen molar-refractivity contribution in [3.8, 4) is 11.8 Å². The Hall–Kier alpha value is -2.48. The fourth-order valence-corrected chi connectivity index (χ4v) is 5.49. The van der Waals surface area contributed by atoms with Crippen molar-refractivity contribution in [2.45, 2.75) is 69.9 Å². The van der Waals surface area contributed by atoms with Crippen molar-refractivity contribution in [3.63, 3.8) is 0 Å². The molecule has 5 nitrogen and oxygen atoms in total. The highest BCUT2D eigenvalue weighted by atomic mass is 16.6. The van der Waals surface area contributed by atoms with Gasteiger partial charge in [0.15, 0.2) is 5.60 Å². The van der Waals surface area contributed by atoms with Gasteiger partial charge in [-0.05, 0) is 69.1 Å². The lowest BCUT2D eigenvalue weighted by atomic mass is 9.72. The predicted octanol–water partition coefficient (Wildman–Crippen LogP) is 4.46. The minimum Gasteiger partial charge on any atom is -0.453 e. The molecule has 3 atom stereocenters. The maximum Gasteiger partial charge on any atom is 0.409 e. The number of hydrogen-bond acceptors (Lipinski definition) is 4. The van der Waals surface area contributed by atoms with Gasteiger partial charge in [0.25, 0.3) is 0 Å². The van der Waals surface area contributed by atoms with Gasteiger partial charge in [0.1, 0.15) is 0 Å². The van der Waals surface area contributed by atoms with Crippen LogP contribution in [0.2, 0.25) is 0 Å². The van der Waals surface area contributed by atoms with Gasteiger partial charge in [-0.1, -0.05) is 30.9 Å². The molecule has 0 radical (unpaired) electrons. The molecule has 3 fully saturated rings. The van der Waals surface area contributed by atoms with E-state index in [1.807, 2.05) is 25.1 Å². The Morgan fingerprint density at radius 2 is 1.93 bits per heavy atom. The molecule has 3 aliphatic rings. The molecule has 3 unspecified atom stereocenters. The molecule has 5 heteroatoms. The second-order valence-electron chi connectivity index (χ2n) is 8.93. The van der Waals surface area contributed by atoms with Crippen LogP contribution in [0.5, 0.6) is 0 Å². The smallest absolute Gasteiger partial charge is 0.409 e. The Morgan fingerprint density at radius 3 is 2.67 bits per heavy atom. The van der Waals surface area contributed by atoms with Gasteiger partial charge in [0, 0.05) is 24.1 Å². The minimum absolute atomic E-state index is 0.00869. The molecule has 0 bridgehead atoms. The van der Waals surface area contributed by atoms with E-state index in [2.05, 4.69) is 17.9 Å². The third-order valence-corrected chi connectivity index (χ3v) is 7.01. The zero-order valence-corrected chi connectivity index (χ0v) is 18.0. The summed E-state index contributed by atoms with van der Waals surface area (Å²) in [5, 5.41) is 0. The number of rotatable bonds is 2. The number of methoxy groups -OCH3 is 1. The number of likely N-dealkylation sites (tertiary alicyclic amines) is 1. The van der Waals surface area contributed by atoms with E-state index >= 15 is 0 Å². The summed E-state index contributed by atoms with van der Waals surface area (Å²) < 4.78 is 11.3. The molecule has 0 aromatic heterocycles. The minimum atomic E-state index is -0.838. The molecule has 2 aliphatic carbocycles. The summed E-state index contributed by atoms with van der Waals surface area (Å²) >= 11 is 0. The second kappa shape index (κ2) is 8.71. The summed E-state index contributed by atoms with van der Waals surface area (Å²) in [5.74, 6) is 6.61. The van der Waals surface area contributed by atoms with Crippen molar-refractivity contribution >= 4 is 12.1 Å². The van der Waals surface area contributed by atoms with Gasteiger partial charge in [-0.15, -0.1) is 0 Å². The molecular weight excluding hydrogens is 378 g/mol. The van der Waals surface area contributed by atoms with Crippen LogP contribution in [0.3, 0.4) is 0 Å². The summed E-state index contributed by atoms with van der Waals surface area (Å²) in [7, 11) is 1.42. The van der Waals surface area contributed by atoms with E-state index in [0.29, 0.717) is 6.54 Å². The van der Waals surface area contributed by atoms with Gasteiger partial charge in [-0.3, -0.25) is 4.79 Å². The van der Waals surface area contributed by atoms with Crippen molar-refractivity contribution in [2.24, 2.45) is 11.8 Å². The summed E-state index contributed by atoms with van der Waals surface area (Å²) in [6.07, 6.45) is 6.95. The number of nitrogens with zero attached hydrogens (tertiary/aromatic N) is 1. The van der Waals surface area contributed by atoms with E-state index in [1.165, 1.54) is 7.11 Å². The number of aryl methyl sites for hydroxylation is 1. The number of ether oxygens (including phenoxy) is 2. The molecule has 1 aromatic carbocycles. The molecule has 1 aromatic rings. The number of benzene rings is 1. The van der Waals surface area contributed by atoms with Crippen LogP contribution in [0.4, 0.5) is 4.79 Å². The third kappa shape index (κ3) is 4.05. The van der Waals surface area contributed by atoms with Gasteiger partial charge in [-0.2, -0.15) is 0 Å². The van der Waals surface area contributed by atoms with Crippen molar-refractivity contribution in [1.82, 2.24) is 4.90 Å². The first kappa shape index (κ1) is 20.8. The Morgan fingerprint density at radius 1 is 1.13 bits per heavy atom. The fraction of sp³-hybridized carbons (Fsp3) is 0.600. The van der Waals surface area contributed by atoms with E-state index in [1.54, 1.807) is 4.90 Å². The first-order valence-corrected chi connectivity index (χ1v) is 11.2. The molecule has 1 aliphatic heterocycles. The highest BCUT2D eigenvalue weighted by Gasteiger charge is 2.54. The van der Waals surface area contributed by atoms with Crippen molar-refractivity contribution in [3.05, 3.63) is 35.4 Å². The highest BCUT2D eigenvalue weighted by molar-refractivity contribution is 5.74. The number of hydrogen-bond donors (Lipinski definition) is 0.